The molecule has 0 fully saturated rings. The van der Waals surface area contributed by atoms with Gasteiger partial charge < -0.3 is 14.8 Å². The highest BCUT2D eigenvalue weighted by atomic mass is 32.2. The Morgan fingerprint density at radius 1 is 1.46 bits per heavy atom. The van der Waals surface area contributed by atoms with Gasteiger partial charge in [-0.1, -0.05) is 6.07 Å². The molecule has 0 saturated carbocycles. The quantitative estimate of drug-likeness (QED) is 0.739. The van der Waals surface area contributed by atoms with E-state index in [0.29, 0.717) is 37.6 Å². The fourth-order valence-corrected chi connectivity index (χ4v) is 3.36. The molecular weight excluding hydrogens is 332 g/mol. The van der Waals surface area contributed by atoms with Crippen LogP contribution in [-0.2, 0) is 19.6 Å². The molecule has 134 valence electrons. The Hall–Kier alpha value is -1.80. The summed E-state index contributed by atoms with van der Waals surface area (Å²) in [6, 6.07) is 5.26. The largest absolute Gasteiger partial charge is 0.476 e. The Balaban J connectivity index is 2.09. The maximum Gasteiger partial charge on any atom is 0.263 e. The lowest BCUT2D eigenvalue weighted by Crippen LogP contribution is -2.50. The molecule has 1 aliphatic heterocycles. The molecule has 1 heterocycles. The number of aryl methyl sites for hydroxylation is 1. The predicted octanol–water partition coefficient (Wildman–Crippen LogP) is 1.06. The van der Waals surface area contributed by atoms with Crippen molar-refractivity contribution < 1.29 is 22.7 Å². The molecule has 1 N–H and O–H groups in total. The van der Waals surface area contributed by atoms with E-state index in [2.05, 4.69) is 5.32 Å². The Morgan fingerprint density at radius 3 is 2.88 bits per heavy atom. The number of carbonyl (C=O) groups excluding carboxylic acids is 1. The van der Waals surface area contributed by atoms with Gasteiger partial charge in [-0.15, -0.1) is 0 Å². The fraction of sp³-hybridized carbons (Fsp3) is 0.562. The van der Waals surface area contributed by atoms with Gasteiger partial charge in [0.2, 0.25) is 10.0 Å². The van der Waals surface area contributed by atoms with Crippen molar-refractivity contribution >= 4 is 21.6 Å². The van der Waals surface area contributed by atoms with Crippen LogP contribution in [0.3, 0.4) is 0 Å². The molecule has 1 aromatic rings. The number of amides is 1. The minimum atomic E-state index is -3.50. The predicted molar refractivity (Wildman–Crippen MR) is 91.9 cm³/mol. The van der Waals surface area contributed by atoms with Crippen LogP contribution in [0.4, 0.5) is 5.69 Å². The van der Waals surface area contributed by atoms with Crippen LogP contribution in [0.15, 0.2) is 18.2 Å². The maximum absolute atomic E-state index is 12.3. The minimum absolute atomic E-state index is 0.0351. The molecule has 0 saturated heterocycles. The lowest BCUT2D eigenvalue weighted by atomic mass is 10.1. The Bertz CT molecular complexity index is 690. The first kappa shape index (κ1) is 18.5. The van der Waals surface area contributed by atoms with Crippen molar-refractivity contribution in [2.24, 2.45) is 0 Å². The molecule has 0 aliphatic carbocycles. The number of rotatable bonds is 7. The second kappa shape index (κ2) is 7.85. The number of carbonyl (C=O) groups is 1. The number of fused-ring (bicyclic) bond motifs is 1. The summed E-state index contributed by atoms with van der Waals surface area (Å²) in [5.74, 6) is 0.0677. The number of benzene rings is 1. The molecule has 0 spiro atoms. The number of hydrogen-bond acceptors (Lipinski definition) is 5. The van der Waals surface area contributed by atoms with Crippen molar-refractivity contribution in [3.63, 3.8) is 0 Å². The highest BCUT2D eigenvalue weighted by Crippen LogP contribution is 2.35. The molecule has 2 rings (SSSR count). The average molecular weight is 356 g/mol. The topological polar surface area (TPSA) is 84.9 Å². The van der Waals surface area contributed by atoms with E-state index in [1.807, 2.05) is 19.9 Å². The Morgan fingerprint density at radius 2 is 2.21 bits per heavy atom. The first-order valence-electron chi connectivity index (χ1n) is 7.93. The zero-order valence-electron chi connectivity index (χ0n) is 14.2. The Kier molecular flexibility index (Phi) is 6.06. The summed E-state index contributed by atoms with van der Waals surface area (Å²) in [6.07, 6.45) is 0.946. The molecule has 1 unspecified atom stereocenters. The lowest BCUT2D eigenvalue weighted by molar-refractivity contribution is -0.127. The van der Waals surface area contributed by atoms with Crippen molar-refractivity contribution in [2.45, 2.75) is 26.4 Å². The molecule has 0 aromatic heterocycles. The monoisotopic (exact) mass is 356 g/mol. The van der Waals surface area contributed by atoms with Gasteiger partial charge in [-0.05, 0) is 38.0 Å². The molecule has 7 nitrogen and oxygen atoms in total. The first-order chi connectivity index (χ1) is 11.3. The number of hydrogen-bond donors (Lipinski definition) is 1. The van der Waals surface area contributed by atoms with Crippen molar-refractivity contribution in [3.05, 3.63) is 23.8 Å². The third-order valence-corrected chi connectivity index (χ3v) is 4.79. The van der Waals surface area contributed by atoms with Crippen LogP contribution < -0.4 is 14.4 Å². The third-order valence-electron chi connectivity index (χ3n) is 3.65. The summed E-state index contributed by atoms with van der Waals surface area (Å²) in [4.78, 5) is 12.3. The van der Waals surface area contributed by atoms with E-state index in [-0.39, 0.29) is 12.5 Å². The number of anilines is 1. The maximum atomic E-state index is 12.3. The van der Waals surface area contributed by atoms with Gasteiger partial charge in [-0.3, -0.25) is 9.10 Å². The number of ether oxygens (including phenoxy) is 2. The Labute approximate surface area is 143 Å². The normalized spacial score (nSPS) is 17.1. The van der Waals surface area contributed by atoms with Crippen molar-refractivity contribution in [2.75, 3.05) is 36.9 Å². The van der Waals surface area contributed by atoms with Gasteiger partial charge in [0, 0.05) is 19.8 Å². The molecule has 0 radical (unpaired) electrons. The lowest BCUT2D eigenvalue weighted by Gasteiger charge is -2.34. The van der Waals surface area contributed by atoms with Crippen molar-refractivity contribution in [3.8, 4) is 5.75 Å². The second-order valence-electron chi connectivity index (χ2n) is 5.71. The van der Waals surface area contributed by atoms with E-state index in [4.69, 9.17) is 9.47 Å². The number of sulfonamides is 1. The third kappa shape index (κ3) is 4.61. The summed E-state index contributed by atoms with van der Waals surface area (Å²) in [5.41, 5.74) is 1.39. The van der Waals surface area contributed by atoms with Gasteiger partial charge in [-0.25, -0.2) is 8.42 Å². The summed E-state index contributed by atoms with van der Waals surface area (Å²) < 4.78 is 36.3. The van der Waals surface area contributed by atoms with Crippen LogP contribution >= 0.6 is 0 Å². The summed E-state index contributed by atoms with van der Waals surface area (Å²) >= 11 is 0. The molecule has 1 aliphatic rings. The van der Waals surface area contributed by atoms with Gasteiger partial charge in [0.25, 0.3) is 5.91 Å². The molecule has 1 amide bonds. The molecule has 8 heteroatoms. The molecule has 1 atom stereocenters. The van der Waals surface area contributed by atoms with Crippen molar-refractivity contribution in [1.29, 1.82) is 0 Å². The smallest absolute Gasteiger partial charge is 0.263 e. The van der Waals surface area contributed by atoms with E-state index in [1.54, 1.807) is 12.1 Å². The van der Waals surface area contributed by atoms with Crippen LogP contribution in [0, 0.1) is 6.92 Å². The van der Waals surface area contributed by atoms with Gasteiger partial charge in [-0.2, -0.15) is 0 Å². The molecular formula is C16H24N2O5S. The summed E-state index contributed by atoms with van der Waals surface area (Å²) in [6.45, 7) is 5.41. The standard InChI is InChI=1S/C16H24N2O5S/c1-4-22-9-5-8-17-16(19)15-11-18(24(3,20)21)13-10-12(2)6-7-14(13)23-15/h6-7,10,15H,4-5,8-9,11H2,1-3H3,(H,17,19). The van der Waals surface area contributed by atoms with E-state index in [1.165, 1.54) is 4.31 Å². The van der Waals surface area contributed by atoms with E-state index in [9.17, 15) is 13.2 Å². The van der Waals surface area contributed by atoms with Crippen LogP contribution in [0.1, 0.15) is 18.9 Å². The SMILES string of the molecule is CCOCCCNC(=O)C1CN(S(C)(=O)=O)c2cc(C)ccc2O1. The van der Waals surface area contributed by atoms with Crippen LogP contribution in [0.5, 0.6) is 5.75 Å². The molecule has 0 bridgehead atoms. The second-order valence-corrected chi connectivity index (χ2v) is 7.62. The fourth-order valence-electron chi connectivity index (χ4n) is 2.46. The molecule has 1 aromatic carbocycles. The van der Waals surface area contributed by atoms with Crippen LogP contribution in [0.25, 0.3) is 0 Å². The zero-order valence-corrected chi connectivity index (χ0v) is 15.1. The molecule has 24 heavy (non-hydrogen) atoms. The van der Waals surface area contributed by atoms with E-state index < -0.39 is 16.1 Å². The minimum Gasteiger partial charge on any atom is -0.476 e. The van der Waals surface area contributed by atoms with Gasteiger partial charge in [0.1, 0.15) is 5.75 Å². The summed E-state index contributed by atoms with van der Waals surface area (Å²) in [5, 5.41) is 2.76. The van der Waals surface area contributed by atoms with Gasteiger partial charge in [0.05, 0.1) is 18.5 Å². The van der Waals surface area contributed by atoms with Crippen molar-refractivity contribution in [1.82, 2.24) is 5.32 Å². The van der Waals surface area contributed by atoms with Gasteiger partial charge >= 0.3 is 0 Å². The van der Waals surface area contributed by atoms with Gasteiger partial charge in [0.15, 0.2) is 6.10 Å². The summed E-state index contributed by atoms with van der Waals surface area (Å²) in [7, 11) is -3.50. The number of nitrogens with one attached hydrogen (secondary N) is 1. The van der Waals surface area contributed by atoms with Crippen LogP contribution in [-0.4, -0.2) is 53.0 Å². The van der Waals surface area contributed by atoms with E-state index >= 15 is 0 Å². The first-order valence-corrected chi connectivity index (χ1v) is 9.78. The van der Waals surface area contributed by atoms with Crippen LogP contribution in [0.2, 0.25) is 0 Å². The average Bonchev–Trinajstić information content (AvgIpc) is 2.52. The van der Waals surface area contributed by atoms with E-state index in [0.717, 1.165) is 11.8 Å². The zero-order chi connectivity index (χ0) is 17.7. The highest BCUT2D eigenvalue weighted by Gasteiger charge is 2.34. The number of nitrogens with zero attached hydrogens (tertiary/aromatic N) is 1. The highest BCUT2D eigenvalue weighted by molar-refractivity contribution is 7.92.